The van der Waals surface area contributed by atoms with E-state index in [1.807, 2.05) is 24.3 Å². The zero-order valence-corrected chi connectivity index (χ0v) is 15.1. The number of carbonyl (C=O) groups excluding carboxylic acids is 1. The molecule has 26 heavy (non-hydrogen) atoms. The van der Waals surface area contributed by atoms with Crippen LogP contribution in [-0.2, 0) is 12.0 Å². The minimum atomic E-state index is -0.575. The molecule has 4 aliphatic rings. The lowest BCUT2D eigenvalue weighted by Gasteiger charge is -2.60. The second kappa shape index (κ2) is 5.23. The number of aliphatic hydroxyl groups is 1. The van der Waals surface area contributed by atoms with Gasteiger partial charge in [-0.15, -0.1) is 6.58 Å². The highest BCUT2D eigenvalue weighted by atomic mass is 16.3. The van der Waals surface area contributed by atoms with Crippen LogP contribution in [0.2, 0.25) is 0 Å². The molecule has 0 saturated heterocycles. The minimum absolute atomic E-state index is 0.148. The van der Waals surface area contributed by atoms with E-state index >= 15 is 0 Å². The summed E-state index contributed by atoms with van der Waals surface area (Å²) in [5.41, 5.74) is 7.93. The second-order valence-corrected chi connectivity index (χ2v) is 8.97. The van der Waals surface area contributed by atoms with Crippen LogP contribution in [0.5, 0.6) is 0 Å². The molecule has 2 unspecified atom stereocenters. The number of para-hydroxylation sites is 1. The molecule has 4 aliphatic carbocycles. The summed E-state index contributed by atoms with van der Waals surface area (Å²) in [4.78, 5) is 12.5. The number of carbonyl (C=O) groups is 1. The van der Waals surface area contributed by atoms with Crippen LogP contribution in [0.25, 0.3) is 10.9 Å². The van der Waals surface area contributed by atoms with E-state index in [2.05, 4.69) is 17.2 Å². The van der Waals surface area contributed by atoms with Gasteiger partial charge in [0.15, 0.2) is 0 Å². The number of aromatic nitrogens is 1. The van der Waals surface area contributed by atoms with Gasteiger partial charge in [-0.05, 0) is 56.4 Å². The number of nitrogens with zero attached hydrogens (tertiary/aromatic N) is 1. The van der Waals surface area contributed by atoms with Crippen molar-refractivity contribution in [3.05, 3.63) is 48.2 Å². The van der Waals surface area contributed by atoms with Crippen LogP contribution < -0.4 is 5.73 Å². The number of rotatable bonds is 4. The van der Waals surface area contributed by atoms with Crippen molar-refractivity contribution in [1.29, 1.82) is 0 Å². The van der Waals surface area contributed by atoms with Crippen molar-refractivity contribution >= 4 is 16.8 Å². The lowest BCUT2D eigenvalue weighted by atomic mass is 9.47. The molecule has 2 aromatic rings. The Kier molecular flexibility index (Phi) is 3.24. The number of hydrogen-bond donors (Lipinski definition) is 2. The summed E-state index contributed by atoms with van der Waals surface area (Å²) < 4.78 is 2.24. The standard InChI is InChI=1S/C22H26N2O2/c1-2-7-24-17-6-4-3-5-16(17)18(20(23)25)19(24)21-9-14-8-15(10-21)12-22(26,11-14)13-21/h2-6,14-15,26H,1,7-13H2,(H2,23,25). The molecule has 4 saturated carbocycles. The molecule has 2 atom stereocenters. The molecule has 0 radical (unpaired) electrons. The van der Waals surface area contributed by atoms with Crippen LogP contribution in [0.1, 0.15) is 54.6 Å². The zero-order valence-electron chi connectivity index (χ0n) is 15.1. The summed E-state index contributed by atoms with van der Waals surface area (Å²) in [6.07, 6.45) is 7.80. The fourth-order valence-corrected chi connectivity index (χ4v) is 6.91. The van der Waals surface area contributed by atoms with Gasteiger partial charge in [-0.3, -0.25) is 4.79 Å². The quantitative estimate of drug-likeness (QED) is 0.829. The number of nitrogens with two attached hydrogens (primary N) is 1. The summed E-state index contributed by atoms with van der Waals surface area (Å²) in [5.74, 6) is 0.746. The van der Waals surface area contributed by atoms with Gasteiger partial charge in [0.2, 0.25) is 0 Å². The predicted octanol–water partition coefficient (Wildman–Crippen LogP) is 3.51. The van der Waals surface area contributed by atoms with Crippen molar-refractivity contribution in [2.45, 2.75) is 56.1 Å². The Morgan fingerprint density at radius 1 is 1.27 bits per heavy atom. The van der Waals surface area contributed by atoms with Crippen LogP contribution in [-0.4, -0.2) is 21.2 Å². The van der Waals surface area contributed by atoms with Gasteiger partial charge >= 0.3 is 0 Å². The van der Waals surface area contributed by atoms with Gasteiger partial charge in [-0.25, -0.2) is 0 Å². The van der Waals surface area contributed by atoms with Crippen LogP contribution in [0.4, 0.5) is 0 Å². The van der Waals surface area contributed by atoms with Gasteiger partial charge in [0.05, 0.1) is 11.2 Å². The highest BCUT2D eigenvalue weighted by molar-refractivity contribution is 6.08. The fourth-order valence-electron chi connectivity index (χ4n) is 6.91. The lowest BCUT2D eigenvalue weighted by molar-refractivity contribution is -0.138. The van der Waals surface area contributed by atoms with E-state index in [0.29, 0.717) is 23.9 Å². The maximum absolute atomic E-state index is 12.5. The van der Waals surface area contributed by atoms with Crippen LogP contribution >= 0.6 is 0 Å². The molecule has 1 amide bonds. The predicted molar refractivity (Wildman–Crippen MR) is 102 cm³/mol. The van der Waals surface area contributed by atoms with E-state index in [1.54, 1.807) is 0 Å². The first-order valence-corrected chi connectivity index (χ1v) is 9.69. The Balaban J connectivity index is 1.81. The molecule has 0 spiro atoms. The summed E-state index contributed by atoms with van der Waals surface area (Å²) in [5, 5.41) is 12.1. The van der Waals surface area contributed by atoms with Crippen molar-refractivity contribution in [2.24, 2.45) is 17.6 Å². The Morgan fingerprint density at radius 2 is 1.96 bits per heavy atom. The maximum Gasteiger partial charge on any atom is 0.251 e. The maximum atomic E-state index is 12.5. The molecule has 3 N–H and O–H groups in total. The summed E-state index contributed by atoms with van der Waals surface area (Å²) in [6, 6.07) is 8.02. The number of primary amides is 1. The molecule has 1 heterocycles. The Labute approximate surface area is 153 Å². The van der Waals surface area contributed by atoms with E-state index in [9.17, 15) is 9.90 Å². The Hall–Kier alpha value is -2.07. The molecule has 1 aromatic heterocycles. The van der Waals surface area contributed by atoms with Crippen LogP contribution in [0.15, 0.2) is 36.9 Å². The largest absolute Gasteiger partial charge is 0.390 e. The molecule has 0 aliphatic heterocycles. The minimum Gasteiger partial charge on any atom is -0.390 e. The fraction of sp³-hybridized carbons (Fsp3) is 0.500. The average Bonchev–Trinajstić information content (AvgIpc) is 2.89. The number of fused-ring (bicyclic) bond motifs is 1. The lowest BCUT2D eigenvalue weighted by Crippen LogP contribution is -2.58. The molecule has 4 nitrogen and oxygen atoms in total. The van der Waals surface area contributed by atoms with Gasteiger partial charge < -0.3 is 15.4 Å². The summed E-state index contributed by atoms with van der Waals surface area (Å²) in [7, 11) is 0. The number of hydrogen-bond acceptors (Lipinski definition) is 2. The Bertz CT molecular complexity index is 912. The Morgan fingerprint density at radius 3 is 2.58 bits per heavy atom. The normalized spacial score (nSPS) is 35.1. The third-order valence-corrected chi connectivity index (χ3v) is 7.06. The SMILES string of the molecule is C=CCn1c(C23CC4CC(CC(O)(C4)C2)C3)c(C(N)=O)c2ccccc21. The van der Waals surface area contributed by atoms with Gasteiger partial charge in [-0.1, -0.05) is 24.3 Å². The molecular weight excluding hydrogens is 324 g/mol. The van der Waals surface area contributed by atoms with Crippen LogP contribution in [0.3, 0.4) is 0 Å². The molecule has 1 aromatic carbocycles. The van der Waals surface area contributed by atoms with E-state index < -0.39 is 5.60 Å². The molecular formula is C22H26N2O2. The smallest absolute Gasteiger partial charge is 0.251 e. The van der Waals surface area contributed by atoms with Crippen molar-refractivity contribution < 1.29 is 9.90 Å². The first-order valence-electron chi connectivity index (χ1n) is 9.69. The first kappa shape index (κ1) is 16.1. The van der Waals surface area contributed by atoms with Gasteiger partial charge in [0.25, 0.3) is 5.91 Å². The molecule has 4 heteroatoms. The third kappa shape index (κ3) is 2.08. The van der Waals surface area contributed by atoms with Crippen molar-refractivity contribution in [3.63, 3.8) is 0 Å². The monoisotopic (exact) mass is 350 g/mol. The third-order valence-electron chi connectivity index (χ3n) is 7.06. The van der Waals surface area contributed by atoms with E-state index in [1.165, 1.54) is 6.42 Å². The van der Waals surface area contributed by atoms with E-state index in [-0.39, 0.29) is 11.3 Å². The summed E-state index contributed by atoms with van der Waals surface area (Å²) in [6.45, 7) is 4.58. The molecule has 6 rings (SSSR count). The van der Waals surface area contributed by atoms with Crippen LogP contribution in [0, 0.1) is 11.8 Å². The van der Waals surface area contributed by atoms with Gasteiger partial charge in [-0.2, -0.15) is 0 Å². The topological polar surface area (TPSA) is 68.2 Å². The van der Waals surface area contributed by atoms with Crippen molar-refractivity contribution in [3.8, 4) is 0 Å². The highest BCUT2D eigenvalue weighted by Crippen LogP contribution is 2.63. The number of amides is 1. The van der Waals surface area contributed by atoms with E-state index in [4.69, 9.17) is 5.73 Å². The van der Waals surface area contributed by atoms with Crippen molar-refractivity contribution in [1.82, 2.24) is 4.57 Å². The van der Waals surface area contributed by atoms with Gasteiger partial charge in [0, 0.05) is 28.6 Å². The molecule has 4 fully saturated rings. The molecule has 4 bridgehead atoms. The zero-order chi connectivity index (χ0) is 18.1. The first-order chi connectivity index (χ1) is 12.4. The van der Waals surface area contributed by atoms with Crippen molar-refractivity contribution in [2.75, 3.05) is 0 Å². The van der Waals surface area contributed by atoms with Gasteiger partial charge in [0.1, 0.15) is 0 Å². The van der Waals surface area contributed by atoms with E-state index in [0.717, 1.165) is 48.7 Å². The highest BCUT2D eigenvalue weighted by Gasteiger charge is 2.59. The second-order valence-electron chi connectivity index (χ2n) is 8.97. The number of benzene rings is 1. The summed E-state index contributed by atoms with van der Waals surface area (Å²) >= 11 is 0. The number of allylic oxidation sites excluding steroid dienone is 1. The average molecular weight is 350 g/mol. The molecule has 136 valence electrons.